The number of ether oxygens (including phenoxy) is 1. The molecule has 3 nitrogen and oxygen atoms in total. The highest BCUT2D eigenvalue weighted by Gasteiger charge is 2.17. The second-order valence-electron chi connectivity index (χ2n) is 4.27. The van der Waals surface area contributed by atoms with Crippen molar-refractivity contribution in [3.63, 3.8) is 0 Å². The number of morpholine rings is 1. The van der Waals surface area contributed by atoms with E-state index in [0.29, 0.717) is 6.04 Å². The third-order valence-corrected chi connectivity index (χ3v) is 3.72. The zero-order chi connectivity index (χ0) is 11.2. The summed E-state index contributed by atoms with van der Waals surface area (Å²) >= 11 is 1.76. The molecule has 98 valence electrons. The molecular weight excluding hydrogens is 256 g/mol. The van der Waals surface area contributed by atoms with Crippen LogP contribution in [0.25, 0.3) is 0 Å². The number of halogens is 1. The van der Waals surface area contributed by atoms with Gasteiger partial charge >= 0.3 is 0 Å². The second-order valence-corrected chi connectivity index (χ2v) is 5.05. The first-order valence-electron chi connectivity index (χ1n) is 5.90. The number of hydrogen-bond donors (Lipinski definition) is 1. The van der Waals surface area contributed by atoms with E-state index in [1.54, 1.807) is 11.3 Å². The highest BCUT2D eigenvalue weighted by molar-refractivity contribution is 7.07. The molecule has 1 aromatic rings. The SMILES string of the molecule is CC1COCCN1CCNCc1ccsc1.Cl. The Morgan fingerprint density at radius 3 is 3.18 bits per heavy atom. The lowest BCUT2D eigenvalue weighted by atomic mass is 10.2. The lowest BCUT2D eigenvalue weighted by Crippen LogP contribution is -2.46. The van der Waals surface area contributed by atoms with Crippen LogP contribution in [0.2, 0.25) is 0 Å². The summed E-state index contributed by atoms with van der Waals surface area (Å²) in [6.45, 7) is 8.23. The summed E-state index contributed by atoms with van der Waals surface area (Å²) in [5, 5.41) is 7.80. The predicted molar refractivity (Wildman–Crippen MR) is 75.1 cm³/mol. The maximum atomic E-state index is 5.42. The largest absolute Gasteiger partial charge is 0.379 e. The van der Waals surface area contributed by atoms with E-state index in [0.717, 1.165) is 39.4 Å². The number of nitrogens with zero attached hydrogens (tertiary/aromatic N) is 1. The first-order valence-corrected chi connectivity index (χ1v) is 6.84. The maximum absolute atomic E-state index is 5.42. The van der Waals surface area contributed by atoms with Gasteiger partial charge in [0.1, 0.15) is 0 Å². The molecule has 1 atom stereocenters. The molecule has 0 radical (unpaired) electrons. The van der Waals surface area contributed by atoms with Gasteiger partial charge in [-0.3, -0.25) is 4.90 Å². The Labute approximate surface area is 114 Å². The van der Waals surface area contributed by atoms with Crippen LogP contribution in [0.3, 0.4) is 0 Å². The molecule has 0 aliphatic carbocycles. The molecule has 1 aliphatic rings. The Morgan fingerprint density at radius 2 is 2.47 bits per heavy atom. The van der Waals surface area contributed by atoms with Crippen LogP contribution >= 0.6 is 23.7 Å². The Hall–Kier alpha value is -0.130. The normalized spacial score (nSPS) is 21.1. The minimum atomic E-state index is 0. The Balaban J connectivity index is 0.00000144. The van der Waals surface area contributed by atoms with Crippen LogP contribution in [0.1, 0.15) is 12.5 Å². The monoisotopic (exact) mass is 276 g/mol. The van der Waals surface area contributed by atoms with Crippen molar-refractivity contribution in [3.05, 3.63) is 22.4 Å². The quantitative estimate of drug-likeness (QED) is 0.833. The van der Waals surface area contributed by atoms with Crippen LogP contribution in [0, 0.1) is 0 Å². The molecule has 0 saturated carbocycles. The summed E-state index contributed by atoms with van der Waals surface area (Å²) in [6.07, 6.45) is 0. The third-order valence-electron chi connectivity index (χ3n) is 2.99. The van der Waals surface area contributed by atoms with Crippen LogP contribution in [-0.4, -0.2) is 43.8 Å². The Kier molecular flexibility index (Phi) is 7.08. The predicted octanol–water partition coefficient (Wildman–Crippen LogP) is 1.98. The van der Waals surface area contributed by atoms with Crippen molar-refractivity contribution in [3.8, 4) is 0 Å². The van der Waals surface area contributed by atoms with Gasteiger partial charge < -0.3 is 10.1 Å². The summed E-state index contributed by atoms with van der Waals surface area (Å²) in [5.41, 5.74) is 1.39. The minimum Gasteiger partial charge on any atom is -0.379 e. The van der Waals surface area contributed by atoms with E-state index < -0.39 is 0 Å². The molecule has 1 aliphatic heterocycles. The molecule has 17 heavy (non-hydrogen) atoms. The molecule has 5 heteroatoms. The van der Waals surface area contributed by atoms with Crippen molar-refractivity contribution in [2.75, 3.05) is 32.8 Å². The molecule has 1 N–H and O–H groups in total. The van der Waals surface area contributed by atoms with Crippen molar-refractivity contribution in [2.24, 2.45) is 0 Å². The highest BCUT2D eigenvalue weighted by Crippen LogP contribution is 2.06. The summed E-state index contributed by atoms with van der Waals surface area (Å²) in [6, 6.07) is 2.74. The van der Waals surface area contributed by atoms with Gasteiger partial charge in [-0.2, -0.15) is 11.3 Å². The van der Waals surface area contributed by atoms with E-state index in [2.05, 4.69) is 34.0 Å². The standard InChI is InChI=1S/C12H20N2OS.ClH/c1-11-9-15-6-5-14(11)4-3-13-8-12-2-7-16-10-12;/h2,7,10-11,13H,3-6,8-9H2,1H3;1H. The summed E-state index contributed by atoms with van der Waals surface area (Å²) in [4.78, 5) is 2.49. The molecule has 2 rings (SSSR count). The molecule has 0 bridgehead atoms. The second kappa shape index (κ2) is 8.06. The van der Waals surface area contributed by atoms with E-state index in [-0.39, 0.29) is 12.4 Å². The average molecular weight is 277 g/mol. The van der Waals surface area contributed by atoms with Gasteiger partial charge in [0.15, 0.2) is 0 Å². The van der Waals surface area contributed by atoms with E-state index in [9.17, 15) is 0 Å². The molecule has 1 aromatic heterocycles. The van der Waals surface area contributed by atoms with Gasteiger partial charge in [0.25, 0.3) is 0 Å². The van der Waals surface area contributed by atoms with E-state index in [1.807, 2.05) is 0 Å². The molecular formula is C12H21ClN2OS. The molecule has 0 amide bonds. The molecule has 0 spiro atoms. The van der Waals surface area contributed by atoms with E-state index in [1.165, 1.54) is 5.56 Å². The Morgan fingerprint density at radius 1 is 1.59 bits per heavy atom. The van der Waals surface area contributed by atoms with Gasteiger partial charge in [0.2, 0.25) is 0 Å². The lowest BCUT2D eigenvalue weighted by Gasteiger charge is -2.33. The summed E-state index contributed by atoms with van der Waals surface area (Å²) < 4.78 is 5.42. The first kappa shape index (κ1) is 14.9. The van der Waals surface area contributed by atoms with Crippen LogP contribution in [0.15, 0.2) is 16.8 Å². The first-order chi connectivity index (χ1) is 7.86. The smallest absolute Gasteiger partial charge is 0.0619 e. The van der Waals surface area contributed by atoms with E-state index in [4.69, 9.17) is 4.74 Å². The molecule has 2 heterocycles. The number of rotatable bonds is 5. The molecule has 0 aromatic carbocycles. The van der Waals surface area contributed by atoms with Gasteiger partial charge in [-0.05, 0) is 29.3 Å². The van der Waals surface area contributed by atoms with Crippen molar-refractivity contribution in [2.45, 2.75) is 19.5 Å². The van der Waals surface area contributed by atoms with Crippen molar-refractivity contribution >= 4 is 23.7 Å². The molecule has 1 unspecified atom stereocenters. The van der Waals surface area contributed by atoms with Gasteiger partial charge in [0.05, 0.1) is 13.2 Å². The third kappa shape index (κ3) is 4.94. The topological polar surface area (TPSA) is 24.5 Å². The van der Waals surface area contributed by atoms with Crippen molar-refractivity contribution in [1.29, 1.82) is 0 Å². The zero-order valence-electron chi connectivity index (χ0n) is 10.2. The van der Waals surface area contributed by atoms with Crippen molar-refractivity contribution < 1.29 is 4.74 Å². The average Bonchev–Trinajstić information content (AvgIpc) is 2.79. The van der Waals surface area contributed by atoms with Crippen LogP contribution in [0.5, 0.6) is 0 Å². The number of thiophene rings is 1. The fraction of sp³-hybridized carbons (Fsp3) is 0.667. The molecule has 1 saturated heterocycles. The number of nitrogens with one attached hydrogen (secondary N) is 1. The van der Waals surface area contributed by atoms with E-state index >= 15 is 0 Å². The van der Waals surface area contributed by atoms with Gasteiger partial charge in [-0.25, -0.2) is 0 Å². The lowest BCUT2D eigenvalue weighted by molar-refractivity contribution is 0.000406. The fourth-order valence-corrected chi connectivity index (χ4v) is 2.61. The molecule has 1 fully saturated rings. The minimum absolute atomic E-state index is 0. The van der Waals surface area contributed by atoms with Crippen LogP contribution < -0.4 is 5.32 Å². The Bertz CT molecular complexity index is 295. The van der Waals surface area contributed by atoms with Crippen molar-refractivity contribution in [1.82, 2.24) is 10.2 Å². The summed E-state index contributed by atoms with van der Waals surface area (Å²) in [7, 11) is 0. The van der Waals surface area contributed by atoms with Gasteiger partial charge in [0, 0.05) is 32.2 Å². The van der Waals surface area contributed by atoms with Gasteiger partial charge in [-0.15, -0.1) is 12.4 Å². The fourth-order valence-electron chi connectivity index (χ4n) is 1.94. The van der Waals surface area contributed by atoms with Gasteiger partial charge in [-0.1, -0.05) is 0 Å². The number of hydrogen-bond acceptors (Lipinski definition) is 4. The van der Waals surface area contributed by atoms with Crippen LogP contribution in [0.4, 0.5) is 0 Å². The zero-order valence-corrected chi connectivity index (χ0v) is 11.9. The highest BCUT2D eigenvalue weighted by atomic mass is 35.5. The van der Waals surface area contributed by atoms with Crippen LogP contribution in [-0.2, 0) is 11.3 Å². The maximum Gasteiger partial charge on any atom is 0.0619 e. The summed E-state index contributed by atoms with van der Waals surface area (Å²) in [5.74, 6) is 0.